The normalized spacial score (nSPS) is 18.9. The molecule has 1 saturated heterocycles. The van der Waals surface area contributed by atoms with Gasteiger partial charge in [0.15, 0.2) is 5.82 Å². The van der Waals surface area contributed by atoms with Gasteiger partial charge < -0.3 is 15.5 Å². The van der Waals surface area contributed by atoms with Crippen molar-refractivity contribution in [1.29, 1.82) is 0 Å². The van der Waals surface area contributed by atoms with Gasteiger partial charge in [-0.05, 0) is 7.05 Å². The number of likely N-dealkylation sites (N-methyl/N-ethyl adjacent to an activating group) is 1. The summed E-state index contributed by atoms with van der Waals surface area (Å²) in [5, 5.41) is 7.17. The first-order chi connectivity index (χ1) is 6.79. The van der Waals surface area contributed by atoms with Crippen molar-refractivity contribution in [3.8, 4) is 0 Å². The summed E-state index contributed by atoms with van der Waals surface area (Å²) in [5.74, 6) is 1.03. The zero-order valence-electron chi connectivity index (χ0n) is 8.53. The number of H-pyrrole nitrogens is 1. The van der Waals surface area contributed by atoms with Crippen LogP contribution in [-0.4, -0.2) is 48.3 Å². The Balaban J connectivity index is 2.01. The molecule has 2 rings (SSSR count). The molecule has 0 saturated carbocycles. The molecule has 5 nitrogen and oxygen atoms in total. The van der Waals surface area contributed by atoms with E-state index in [4.69, 9.17) is 5.73 Å². The number of rotatable bonds is 2. The molecule has 5 heteroatoms. The molecule has 0 bridgehead atoms. The zero-order chi connectivity index (χ0) is 9.97. The monoisotopic (exact) mass is 195 g/mol. The quantitative estimate of drug-likeness (QED) is 0.675. The Labute approximate surface area is 83.9 Å². The third-order valence-corrected chi connectivity index (χ3v) is 2.66. The van der Waals surface area contributed by atoms with Gasteiger partial charge in [0.1, 0.15) is 0 Å². The topological polar surface area (TPSA) is 61.2 Å². The predicted molar refractivity (Wildman–Crippen MR) is 56.2 cm³/mol. The second kappa shape index (κ2) is 3.98. The van der Waals surface area contributed by atoms with Crippen LogP contribution in [0.5, 0.6) is 0 Å². The number of hydrogen-bond donors (Lipinski definition) is 2. The van der Waals surface area contributed by atoms with Crippen LogP contribution in [0.3, 0.4) is 0 Å². The molecule has 1 aliphatic rings. The van der Waals surface area contributed by atoms with Crippen molar-refractivity contribution in [2.75, 3.05) is 38.1 Å². The molecule has 0 radical (unpaired) electrons. The lowest BCUT2D eigenvalue weighted by atomic mass is 10.3. The van der Waals surface area contributed by atoms with E-state index in [2.05, 4.69) is 27.0 Å². The molecule has 14 heavy (non-hydrogen) atoms. The van der Waals surface area contributed by atoms with Gasteiger partial charge in [-0.15, -0.1) is 0 Å². The Kier molecular flexibility index (Phi) is 2.69. The van der Waals surface area contributed by atoms with E-state index in [0.29, 0.717) is 6.54 Å². The Morgan fingerprint density at radius 2 is 2.14 bits per heavy atom. The van der Waals surface area contributed by atoms with Gasteiger partial charge in [-0.3, -0.25) is 5.10 Å². The number of aromatic nitrogens is 2. The van der Waals surface area contributed by atoms with Crippen molar-refractivity contribution in [3.63, 3.8) is 0 Å². The summed E-state index contributed by atoms with van der Waals surface area (Å²) in [6.07, 6.45) is 0. The van der Waals surface area contributed by atoms with Crippen molar-refractivity contribution in [2.45, 2.75) is 6.54 Å². The molecule has 0 unspecified atom stereocenters. The van der Waals surface area contributed by atoms with E-state index in [1.54, 1.807) is 0 Å². The van der Waals surface area contributed by atoms with E-state index < -0.39 is 0 Å². The highest BCUT2D eigenvalue weighted by Gasteiger charge is 2.15. The minimum absolute atomic E-state index is 0.529. The standard InChI is InChI=1S/C9H17N5/c1-13-2-4-14(5-3-13)9-6-8(7-10)11-12-9/h6H,2-5,7,10H2,1H3,(H,11,12). The van der Waals surface area contributed by atoms with E-state index >= 15 is 0 Å². The predicted octanol–water partition coefficient (Wildman–Crippen LogP) is -0.380. The van der Waals surface area contributed by atoms with Crippen LogP contribution in [0.25, 0.3) is 0 Å². The SMILES string of the molecule is CN1CCN(c2cc(CN)[nH]n2)CC1. The van der Waals surface area contributed by atoms with Crippen LogP contribution in [0.15, 0.2) is 6.07 Å². The van der Waals surface area contributed by atoms with Gasteiger partial charge in [0.25, 0.3) is 0 Å². The zero-order valence-corrected chi connectivity index (χ0v) is 8.53. The first-order valence-electron chi connectivity index (χ1n) is 4.97. The highest BCUT2D eigenvalue weighted by molar-refractivity contribution is 5.39. The average molecular weight is 195 g/mol. The van der Waals surface area contributed by atoms with Gasteiger partial charge in [-0.2, -0.15) is 5.10 Å². The van der Waals surface area contributed by atoms with Crippen molar-refractivity contribution in [2.24, 2.45) is 5.73 Å². The first-order valence-corrected chi connectivity index (χ1v) is 4.97. The maximum Gasteiger partial charge on any atom is 0.150 e. The molecule has 2 heterocycles. The van der Waals surface area contributed by atoms with E-state index in [-0.39, 0.29) is 0 Å². The van der Waals surface area contributed by atoms with Gasteiger partial charge in [0, 0.05) is 38.8 Å². The third-order valence-electron chi connectivity index (χ3n) is 2.66. The van der Waals surface area contributed by atoms with E-state index in [1.165, 1.54) is 0 Å². The summed E-state index contributed by atoms with van der Waals surface area (Å²) in [6.45, 7) is 4.83. The summed E-state index contributed by atoms with van der Waals surface area (Å²) in [5.41, 5.74) is 6.52. The van der Waals surface area contributed by atoms with Gasteiger partial charge in [0.2, 0.25) is 0 Å². The smallest absolute Gasteiger partial charge is 0.150 e. The molecule has 0 aromatic carbocycles. The summed E-state index contributed by atoms with van der Waals surface area (Å²) < 4.78 is 0. The Hall–Kier alpha value is -1.07. The van der Waals surface area contributed by atoms with Gasteiger partial charge >= 0.3 is 0 Å². The molecule has 0 amide bonds. The fraction of sp³-hybridized carbons (Fsp3) is 0.667. The molecule has 78 valence electrons. The van der Waals surface area contributed by atoms with Crippen LogP contribution in [0.4, 0.5) is 5.82 Å². The van der Waals surface area contributed by atoms with E-state index in [1.807, 2.05) is 6.07 Å². The number of anilines is 1. The molecule has 1 aliphatic heterocycles. The van der Waals surface area contributed by atoms with Crippen molar-refractivity contribution >= 4 is 5.82 Å². The summed E-state index contributed by atoms with van der Waals surface area (Å²) in [6, 6.07) is 2.03. The number of nitrogens with one attached hydrogen (secondary N) is 1. The van der Waals surface area contributed by atoms with Crippen LogP contribution < -0.4 is 10.6 Å². The average Bonchev–Trinajstić information content (AvgIpc) is 2.67. The Morgan fingerprint density at radius 3 is 2.71 bits per heavy atom. The van der Waals surface area contributed by atoms with Crippen LogP contribution in [0.1, 0.15) is 5.69 Å². The first kappa shape index (κ1) is 9.48. The fourth-order valence-corrected chi connectivity index (χ4v) is 1.65. The summed E-state index contributed by atoms with van der Waals surface area (Å²) in [4.78, 5) is 4.61. The van der Waals surface area contributed by atoms with Crippen molar-refractivity contribution in [3.05, 3.63) is 11.8 Å². The third kappa shape index (κ3) is 1.88. The molecule has 0 spiro atoms. The second-order valence-corrected chi connectivity index (χ2v) is 3.75. The van der Waals surface area contributed by atoms with Crippen molar-refractivity contribution in [1.82, 2.24) is 15.1 Å². The largest absolute Gasteiger partial charge is 0.353 e. The number of hydrogen-bond acceptors (Lipinski definition) is 4. The Bertz CT molecular complexity index is 287. The molecule has 0 atom stereocenters. The molecule has 0 aliphatic carbocycles. The van der Waals surface area contributed by atoms with Crippen LogP contribution >= 0.6 is 0 Å². The molecule has 3 N–H and O–H groups in total. The maximum absolute atomic E-state index is 5.52. The minimum atomic E-state index is 0.529. The second-order valence-electron chi connectivity index (χ2n) is 3.75. The molecule has 1 fully saturated rings. The highest BCUT2D eigenvalue weighted by atomic mass is 15.3. The molecular formula is C9H17N5. The van der Waals surface area contributed by atoms with E-state index in [9.17, 15) is 0 Å². The number of piperazine rings is 1. The van der Waals surface area contributed by atoms with E-state index in [0.717, 1.165) is 37.7 Å². The van der Waals surface area contributed by atoms with Crippen LogP contribution in [0.2, 0.25) is 0 Å². The number of aromatic amines is 1. The lowest BCUT2D eigenvalue weighted by Crippen LogP contribution is -2.44. The molecule has 1 aromatic heterocycles. The molecule has 1 aromatic rings. The Morgan fingerprint density at radius 1 is 1.43 bits per heavy atom. The highest BCUT2D eigenvalue weighted by Crippen LogP contribution is 2.13. The number of nitrogens with two attached hydrogens (primary N) is 1. The van der Waals surface area contributed by atoms with Gasteiger partial charge in [-0.1, -0.05) is 0 Å². The fourth-order valence-electron chi connectivity index (χ4n) is 1.65. The van der Waals surface area contributed by atoms with Crippen LogP contribution in [0, 0.1) is 0 Å². The summed E-state index contributed by atoms with van der Waals surface area (Å²) >= 11 is 0. The number of nitrogens with zero attached hydrogens (tertiary/aromatic N) is 3. The van der Waals surface area contributed by atoms with Crippen molar-refractivity contribution < 1.29 is 0 Å². The lowest BCUT2D eigenvalue weighted by molar-refractivity contribution is 0.312. The molecular weight excluding hydrogens is 178 g/mol. The minimum Gasteiger partial charge on any atom is -0.353 e. The lowest BCUT2D eigenvalue weighted by Gasteiger charge is -2.32. The van der Waals surface area contributed by atoms with Crippen LogP contribution in [-0.2, 0) is 6.54 Å². The van der Waals surface area contributed by atoms with Gasteiger partial charge in [-0.25, -0.2) is 0 Å². The summed E-state index contributed by atoms with van der Waals surface area (Å²) in [7, 11) is 2.15. The maximum atomic E-state index is 5.52. The van der Waals surface area contributed by atoms with Gasteiger partial charge in [0.05, 0.1) is 5.69 Å².